The molecule has 5 nitrogen and oxygen atoms in total. The fourth-order valence-electron chi connectivity index (χ4n) is 1.31. The van der Waals surface area contributed by atoms with E-state index in [1.54, 1.807) is 25.1 Å². The third kappa shape index (κ3) is 3.71. The van der Waals surface area contributed by atoms with Crippen molar-refractivity contribution in [3.05, 3.63) is 51.2 Å². The third-order valence-corrected chi connectivity index (χ3v) is 2.03. The predicted octanol–water partition coefficient (Wildman–Crippen LogP) is 2.18. The molecule has 0 heterocycles. The lowest BCUT2D eigenvalue weighted by atomic mass is 10.1. The highest BCUT2D eigenvalue weighted by Gasteiger charge is 2.23. The lowest BCUT2D eigenvalue weighted by Gasteiger charge is -2.00. The van der Waals surface area contributed by atoms with Crippen LogP contribution in [-0.2, 0) is 9.53 Å². The van der Waals surface area contributed by atoms with Crippen molar-refractivity contribution >= 4 is 12.0 Å². The second kappa shape index (κ2) is 5.79. The summed E-state index contributed by atoms with van der Waals surface area (Å²) in [4.78, 5) is 21.3. The zero-order valence-electron chi connectivity index (χ0n) is 9.67. The van der Waals surface area contributed by atoms with Crippen molar-refractivity contribution in [1.82, 2.24) is 0 Å². The maximum atomic E-state index is 11.3. The smallest absolute Gasteiger partial charge is 0.409 e. The van der Waals surface area contributed by atoms with Gasteiger partial charge in [-0.2, -0.15) is 0 Å². The summed E-state index contributed by atoms with van der Waals surface area (Å²) in [5.74, 6) is -0.918. The molecule has 0 spiro atoms. The topological polar surface area (TPSA) is 69.4 Å². The molecule has 1 rings (SSSR count). The van der Waals surface area contributed by atoms with E-state index in [0.29, 0.717) is 5.56 Å². The summed E-state index contributed by atoms with van der Waals surface area (Å²) >= 11 is 0. The van der Waals surface area contributed by atoms with Gasteiger partial charge in [0.1, 0.15) is 0 Å². The molecule has 0 unspecified atom stereocenters. The van der Waals surface area contributed by atoms with Crippen LogP contribution in [0.1, 0.15) is 18.1 Å². The van der Waals surface area contributed by atoms with Crippen LogP contribution in [0.25, 0.3) is 6.08 Å². The van der Waals surface area contributed by atoms with Gasteiger partial charge in [-0.05, 0) is 19.4 Å². The van der Waals surface area contributed by atoms with Crippen LogP contribution in [0.2, 0.25) is 0 Å². The Morgan fingerprint density at radius 3 is 2.76 bits per heavy atom. The number of nitro groups is 1. The summed E-state index contributed by atoms with van der Waals surface area (Å²) in [6.07, 6.45) is 1.21. The molecule has 0 aliphatic heterocycles. The number of carbonyl (C=O) groups excluding carboxylic acids is 1. The minimum atomic E-state index is -0.918. The van der Waals surface area contributed by atoms with Gasteiger partial charge < -0.3 is 4.74 Å². The standard InChI is InChI=1S/C12H13NO4/c1-3-17-12(14)11(13(15)16)8-10-6-4-5-9(2)7-10/h4-8H,3H2,1-2H3/b11-8-. The Kier molecular flexibility index (Phi) is 4.39. The van der Waals surface area contributed by atoms with Gasteiger partial charge in [0.15, 0.2) is 0 Å². The molecule has 90 valence electrons. The van der Waals surface area contributed by atoms with Crippen LogP contribution in [0.4, 0.5) is 0 Å². The zero-order chi connectivity index (χ0) is 12.8. The molecule has 0 aliphatic carbocycles. The molecular weight excluding hydrogens is 222 g/mol. The fraction of sp³-hybridized carbons (Fsp3) is 0.250. The third-order valence-electron chi connectivity index (χ3n) is 2.03. The van der Waals surface area contributed by atoms with E-state index in [0.717, 1.165) is 5.56 Å². The quantitative estimate of drug-likeness (QED) is 0.347. The predicted molar refractivity (Wildman–Crippen MR) is 62.8 cm³/mol. The van der Waals surface area contributed by atoms with E-state index in [1.165, 1.54) is 6.08 Å². The average Bonchev–Trinajstić information content (AvgIpc) is 2.26. The monoisotopic (exact) mass is 235 g/mol. The molecule has 0 fully saturated rings. The number of hydrogen-bond acceptors (Lipinski definition) is 4. The molecule has 1 aromatic rings. The minimum Gasteiger partial charge on any atom is -0.458 e. The Labute approximate surface area is 98.9 Å². The first-order valence-corrected chi connectivity index (χ1v) is 5.14. The number of esters is 1. The van der Waals surface area contributed by atoms with E-state index < -0.39 is 16.6 Å². The van der Waals surface area contributed by atoms with E-state index in [2.05, 4.69) is 4.74 Å². The molecule has 0 aromatic heterocycles. The molecule has 0 saturated carbocycles. The number of rotatable bonds is 4. The van der Waals surface area contributed by atoms with Crippen LogP contribution in [-0.4, -0.2) is 17.5 Å². The lowest BCUT2D eigenvalue weighted by molar-refractivity contribution is -0.419. The Balaban J connectivity index is 3.06. The van der Waals surface area contributed by atoms with Crippen molar-refractivity contribution in [2.45, 2.75) is 13.8 Å². The van der Waals surface area contributed by atoms with Crippen LogP contribution >= 0.6 is 0 Å². The van der Waals surface area contributed by atoms with Crippen LogP contribution in [0.5, 0.6) is 0 Å². The summed E-state index contributed by atoms with van der Waals surface area (Å²) in [5, 5.41) is 10.7. The molecule has 0 radical (unpaired) electrons. The average molecular weight is 235 g/mol. The molecule has 0 bridgehead atoms. The lowest BCUT2D eigenvalue weighted by Crippen LogP contribution is -2.14. The Morgan fingerprint density at radius 2 is 2.24 bits per heavy atom. The summed E-state index contributed by atoms with van der Waals surface area (Å²) in [6, 6.07) is 7.08. The Hall–Kier alpha value is -2.17. The summed E-state index contributed by atoms with van der Waals surface area (Å²) in [7, 11) is 0. The second-order valence-corrected chi connectivity index (χ2v) is 3.42. The molecule has 1 aromatic carbocycles. The molecule has 0 atom stereocenters. The number of benzene rings is 1. The highest BCUT2D eigenvalue weighted by Crippen LogP contribution is 2.11. The van der Waals surface area contributed by atoms with Gasteiger partial charge in [-0.25, -0.2) is 4.79 Å². The molecule has 5 heteroatoms. The summed E-state index contributed by atoms with van der Waals surface area (Å²) < 4.78 is 4.62. The minimum absolute atomic E-state index is 0.109. The fourth-order valence-corrected chi connectivity index (χ4v) is 1.31. The molecule has 17 heavy (non-hydrogen) atoms. The number of carbonyl (C=O) groups is 1. The van der Waals surface area contributed by atoms with Crippen molar-refractivity contribution in [1.29, 1.82) is 0 Å². The Bertz CT molecular complexity index is 465. The van der Waals surface area contributed by atoms with Crippen LogP contribution in [0.3, 0.4) is 0 Å². The maximum absolute atomic E-state index is 11.3. The van der Waals surface area contributed by atoms with Crippen LogP contribution in [0.15, 0.2) is 30.0 Å². The molecule has 0 amide bonds. The van der Waals surface area contributed by atoms with Gasteiger partial charge in [0.05, 0.1) is 11.5 Å². The van der Waals surface area contributed by atoms with Gasteiger partial charge in [0.2, 0.25) is 0 Å². The highest BCUT2D eigenvalue weighted by molar-refractivity contribution is 5.90. The summed E-state index contributed by atoms with van der Waals surface area (Å²) in [5.41, 5.74) is 1.01. The van der Waals surface area contributed by atoms with E-state index in [4.69, 9.17) is 0 Å². The van der Waals surface area contributed by atoms with Gasteiger partial charge in [0, 0.05) is 6.08 Å². The zero-order valence-corrected chi connectivity index (χ0v) is 9.67. The second-order valence-electron chi connectivity index (χ2n) is 3.42. The van der Waals surface area contributed by atoms with Crippen LogP contribution < -0.4 is 0 Å². The first-order valence-electron chi connectivity index (χ1n) is 5.14. The highest BCUT2D eigenvalue weighted by atomic mass is 16.6. The normalized spacial score (nSPS) is 11.1. The SMILES string of the molecule is CCOC(=O)/C(=C/c1cccc(C)c1)[N+](=O)[O-]. The van der Waals surface area contributed by atoms with Crippen molar-refractivity contribution in [2.24, 2.45) is 0 Å². The van der Waals surface area contributed by atoms with Gasteiger partial charge in [0.25, 0.3) is 0 Å². The van der Waals surface area contributed by atoms with E-state index in [-0.39, 0.29) is 6.61 Å². The molecular formula is C12H13NO4. The number of ether oxygens (including phenoxy) is 1. The van der Waals surface area contributed by atoms with Crippen molar-refractivity contribution in [3.63, 3.8) is 0 Å². The summed E-state index contributed by atoms with van der Waals surface area (Å²) in [6.45, 7) is 3.58. The maximum Gasteiger partial charge on any atom is 0.409 e. The largest absolute Gasteiger partial charge is 0.458 e. The van der Waals surface area contributed by atoms with Gasteiger partial charge in [-0.1, -0.05) is 29.8 Å². The molecule has 0 N–H and O–H groups in total. The van der Waals surface area contributed by atoms with Crippen molar-refractivity contribution < 1.29 is 14.5 Å². The van der Waals surface area contributed by atoms with Gasteiger partial charge in [-0.15, -0.1) is 0 Å². The van der Waals surface area contributed by atoms with Crippen molar-refractivity contribution in [3.8, 4) is 0 Å². The number of aryl methyl sites for hydroxylation is 1. The number of nitrogens with zero attached hydrogens (tertiary/aromatic N) is 1. The Morgan fingerprint density at radius 1 is 1.53 bits per heavy atom. The van der Waals surface area contributed by atoms with Gasteiger partial charge >= 0.3 is 11.7 Å². The molecule has 0 aliphatic rings. The van der Waals surface area contributed by atoms with E-state index in [9.17, 15) is 14.9 Å². The van der Waals surface area contributed by atoms with E-state index in [1.807, 2.05) is 13.0 Å². The van der Waals surface area contributed by atoms with Gasteiger partial charge in [-0.3, -0.25) is 10.1 Å². The van der Waals surface area contributed by atoms with E-state index >= 15 is 0 Å². The first kappa shape index (κ1) is 12.9. The molecule has 0 saturated heterocycles. The van der Waals surface area contributed by atoms with Crippen molar-refractivity contribution in [2.75, 3.05) is 6.61 Å². The van der Waals surface area contributed by atoms with Crippen LogP contribution in [0, 0.1) is 17.0 Å². The first-order chi connectivity index (χ1) is 8.04. The number of hydrogen-bond donors (Lipinski definition) is 0.